The van der Waals surface area contributed by atoms with Gasteiger partial charge in [-0.1, -0.05) is 12.8 Å². The first kappa shape index (κ1) is 4.93. The third-order valence-corrected chi connectivity index (χ3v) is 1.05. The largest absolute Gasteiger partial charge is 0.300 e. The number of nitrogens with one attached hydrogen (secondary N) is 1. The van der Waals surface area contributed by atoms with Gasteiger partial charge >= 0.3 is 0 Å². The van der Waals surface area contributed by atoms with Crippen molar-refractivity contribution in [3.63, 3.8) is 0 Å². The Labute approximate surface area is 47.9 Å². The van der Waals surface area contributed by atoms with Crippen LogP contribution in [0.2, 0.25) is 0 Å². The first-order chi connectivity index (χ1) is 3.39. The Kier molecular flexibility index (Phi) is 1.54. The molecule has 0 saturated carbocycles. The standard InChI is InChI=1S/C3H7N3S/c7-6-2-1-4-3-5-6/h3,7H,1-2H2,(H,4,5). The molecule has 1 heterocycles. The van der Waals surface area contributed by atoms with Gasteiger partial charge in [-0.15, -0.1) is 0 Å². The molecule has 40 valence electrons. The Bertz CT molecular complexity index is 82.2. The van der Waals surface area contributed by atoms with Gasteiger partial charge in [0.05, 0.1) is 12.9 Å². The minimum atomic E-state index is 0.844. The van der Waals surface area contributed by atoms with Crippen molar-refractivity contribution < 1.29 is 0 Å². The van der Waals surface area contributed by atoms with Gasteiger partial charge in [-0.05, 0) is 0 Å². The smallest absolute Gasteiger partial charge is 0.0975 e. The Balaban J connectivity index is 2.32. The molecule has 0 aromatic rings. The van der Waals surface area contributed by atoms with Crippen LogP contribution in [0.15, 0.2) is 4.99 Å². The van der Waals surface area contributed by atoms with E-state index < -0.39 is 0 Å². The van der Waals surface area contributed by atoms with Gasteiger partial charge < -0.3 is 0 Å². The number of aliphatic imine (C=N–C) groups is 1. The molecule has 0 atom stereocenters. The predicted molar refractivity (Wildman–Crippen MR) is 32.2 cm³/mol. The number of nitrogens with zero attached hydrogens (tertiary/aromatic N) is 2. The maximum absolute atomic E-state index is 3.99. The zero-order chi connectivity index (χ0) is 5.11. The summed E-state index contributed by atoms with van der Waals surface area (Å²) in [5.41, 5.74) is 2.79. The highest BCUT2D eigenvalue weighted by molar-refractivity contribution is 7.77. The second kappa shape index (κ2) is 2.18. The molecule has 0 bridgehead atoms. The summed E-state index contributed by atoms with van der Waals surface area (Å²) in [7, 11) is 0. The fourth-order valence-electron chi connectivity index (χ4n) is 0.389. The van der Waals surface area contributed by atoms with E-state index in [9.17, 15) is 0 Å². The van der Waals surface area contributed by atoms with E-state index in [-0.39, 0.29) is 0 Å². The molecule has 0 radical (unpaired) electrons. The lowest BCUT2D eigenvalue weighted by Crippen LogP contribution is -2.34. The summed E-state index contributed by atoms with van der Waals surface area (Å²) in [6.07, 6.45) is 1.64. The maximum Gasteiger partial charge on any atom is 0.0975 e. The van der Waals surface area contributed by atoms with Gasteiger partial charge in [-0.25, -0.2) is 0 Å². The van der Waals surface area contributed by atoms with E-state index in [0.717, 1.165) is 13.1 Å². The van der Waals surface area contributed by atoms with Crippen LogP contribution in [0.5, 0.6) is 0 Å². The van der Waals surface area contributed by atoms with Gasteiger partial charge in [0.15, 0.2) is 0 Å². The molecule has 0 fully saturated rings. The van der Waals surface area contributed by atoms with Crippen molar-refractivity contribution in [1.29, 1.82) is 0 Å². The normalized spacial score (nSPS) is 21.9. The molecule has 0 spiro atoms. The minimum Gasteiger partial charge on any atom is -0.300 e. The summed E-state index contributed by atoms with van der Waals surface area (Å²) < 4.78 is 1.69. The van der Waals surface area contributed by atoms with Crippen molar-refractivity contribution in [2.24, 2.45) is 4.99 Å². The quantitative estimate of drug-likeness (QED) is 0.425. The summed E-state index contributed by atoms with van der Waals surface area (Å²) in [5.74, 6) is 0. The Hall–Kier alpha value is -0.220. The number of hydrogen-bond donors (Lipinski definition) is 2. The van der Waals surface area contributed by atoms with Crippen molar-refractivity contribution >= 4 is 19.2 Å². The van der Waals surface area contributed by atoms with Gasteiger partial charge in [-0.2, -0.15) is 4.41 Å². The molecule has 0 aliphatic carbocycles. The van der Waals surface area contributed by atoms with Crippen LogP contribution >= 0.6 is 12.8 Å². The molecule has 4 heteroatoms. The van der Waals surface area contributed by atoms with Crippen LogP contribution in [0.4, 0.5) is 0 Å². The SMILES string of the molecule is SN1CCN=CN1. The highest BCUT2D eigenvalue weighted by Crippen LogP contribution is 1.87. The Morgan fingerprint density at radius 2 is 2.71 bits per heavy atom. The summed E-state index contributed by atoms with van der Waals surface area (Å²) in [4.78, 5) is 3.90. The molecule has 0 aromatic carbocycles. The average molecular weight is 117 g/mol. The van der Waals surface area contributed by atoms with Crippen molar-refractivity contribution in [3.05, 3.63) is 0 Å². The second-order valence-corrected chi connectivity index (χ2v) is 1.77. The molecular weight excluding hydrogens is 110 g/mol. The lowest BCUT2D eigenvalue weighted by atomic mass is 10.6. The van der Waals surface area contributed by atoms with Gasteiger partial charge in [0.1, 0.15) is 0 Å². The zero-order valence-corrected chi connectivity index (χ0v) is 4.73. The molecule has 0 aromatic heterocycles. The number of rotatable bonds is 0. The summed E-state index contributed by atoms with van der Waals surface area (Å²) in [6.45, 7) is 1.72. The molecule has 3 nitrogen and oxygen atoms in total. The molecule has 1 aliphatic heterocycles. The van der Waals surface area contributed by atoms with Gasteiger partial charge in [-0.3, -0.25) is 10.4 Å². The van der Waals surface area contributed by atoms with Crippen molar-refractivity contribution in [1.82, 2.24) is 9.84 Å². The van der Waals surface area contributed by atoms with E-state index in [2.05, 4.69) is 23.2 Å². The molecular formula is C3H7N3S. The number of hydrogen-bond acceptors (Lipinski definition) is 4. The van der Waals surface area contributed by atoms with E-state index in [1.54, 1.807) is 10.8 Å². The third kappa shape index (κ3) is 1.36. The Morgan fingerprint density at radius 3 is 3.00 bits per heavy atom. The molecule has 1 rings (SSSR count). The highest BCUT2D eigenvalue weighted by atomic mass is 32.1. The molecule has 7 heavy (non-hydrogen) atoms. The molecule has 1 aliphatic rings. The van der Waals surface area contributed by atoms with Crippen LogP contribution in [-0.4, -0.2) is 23.8 Å². The lowest BCUT2D eigenvalue weighted by Gasteiger charge is -2.15. The van der Waals surface area contributed by atoms with Crippen molar-refractivity contribution in [3.8, 4) is 0 Å². The van der Waals surface area contributed by atoms with Gasteiger partial charge in [0.25, 0.3) is 0 Å². The van der Waals surface area contributed by atoms with Gasteiger partial charge in [0, 0.05) is 6.54 Å². The third-order valence-electron chi connectivity index (χ3n) is 0.739. The van der Waals surface area contributed by atoms with Crippen LogP contribution in [0.3, 0.4) is 0 Å². The topological polar surface area (TPSA) is 27.6 Å². The Morgan fingerprint density at radius 1 is 1.86 bits per heavy atom. The summed E-state index contributed by atoms with van der Waals surface area (Å²) in [6, 6.07) is 0. The summed E-state index contributed by atoms with van der Waals surface area (Å²) in [5, 5.41) is 0. The second-order valence-electron chi connectivity index (χ2n) is 1.29. The monoisotopic (exact) mass is 117 g/mol. The highest BCUT2D eigenvalue weighted by Gasteiger charge is 1.96. The zero-order valence-electron chi connectivity index (χ0n) is 3.83. The summed E-state index contributed by atoms with van der Waals surface area (Å²) >= 11 is 3.99. The van der Waals surface area contributed by atoms with Crippen LogP contribution < -0.4 is 5.43 Å². The van der Waals surface area contributed by atoms with E-state index in [0.29, 0.717) is 0 Å². The predicted octanol–water partition coefficient (Wildman–Crippen LogP) is -0.320. The van der Waals surface area contributed by atoms with E-state index in [1.165, 1.54) is 0 Å². The molecule has 0 saturated heterocycles. The van der Waals surface area contributed by atoms with Crippen molar-refractivity contribution in [2.75, 3.05) is 13.1 Å². The first-order valence-corrected chi connectivity index (χ1v) is 2.50. The van der Waals surface area contributed by atoms with Crippen LogP contribution in [0.25, 0.3) is 0 Å². The number of thiol groups is 1. The average Bonchev–Trinajstić information content (AvgIpc) is 1.69. The number of hydrazine groups is 1. The van der Waals surface area contributed by atoms with Crippen LogP contribution in [-0.2, 0) is 0 Å². The van der Waals surface area contributed by atoms with E-state index in [4.69, 9.17) is 0 Å². The fraction of sp³-hybridized carbons (Fsp3) is 0.667. The fourth-order valence-corrected chi connectivity index (χ4v) is 0.530. The molecule has 0 amide bonds. The van der Waals surface area contributed by atoms with E-state index >= 15 is 0 Å². The first-order valence-electron chi connectivity index (χ1n) is 2.10. The molecule has 0 unspecified atom stereocenters. The maximum atomic E-state index is 3.99. The molecule has 1 N–H and O–H groups in total. The van der Waals surface area contributed by atoms with E-state index in [1.807, 2.05) is 0 Å². The van der Waals surface area contributed by atoms with Gasteiger partial charge in [0.2, 0.25) is 0 Å². The van der Waals surface area contributed by atoms with Crippen LogP contribution in [0.1, 0.15) is 0 Å². The lowest BCUT2D eigenvalue weighted by molar-refractivity contribution is 0.433. The van der Waals surface area contributed by atoms with Crippen molar-refractivity contribution in [2.45, 2.75) is 0 Å². The van der Waals surface area contributed by atoms with Crippen LogP contribution in [0, 0.1) is 0 Å². The minimum absolute atomic E-state index is 0.844.